The van der Waals surface area contributed by atoms with Crippen LogP contribution in [0.1, 0.15) is 34.1 Å². The quantitative estimate of drug-likeness (QED) is 0.562. The predicted octanol–water partition coefficient (Wildman–Crippen LogP) is 2.54. The summed E-state index contributed by atoms with van der Waals surface area (Å²) in [6, 6.07) is 13.9. The summed E-state index contributed by atoms with van der Waals surface area (Å²) in [5, 5.41) is 13.5. The van der Waals surface area contributed by atoms with Crippen molar-refractivity contribution < 1.29 is 23.9 Å². The Morgan fingerprint density at radius 3 is 1.86 bits per heavy atom. The zero-order valence-corrected chi connectivity index (χ0v) is 15.0. The fourth-order valence-corrected chi connectivity index (χ4v) is 2.17. The number of benzene rings is 2. The van der Waals surface area contributed by atoms with Crippen molar-refractivity contribution in [1.29, 1.82) is 5.26 Å². The summed E-state index contributed by atoms with van der Waals surface area (Å²) in [6.45, 7) is 0.966. The van der Waals surface area contributed by atoms with E-state index in [9.17, 15) is 19.2 Å². The number of amides is 2. The molecule has 0 saturated carbocycles. The number of nitrogens with zero attached hydrogens (tertiary/aromatic N) is 1. The molecule has 2 rings (SSSR count). The predicted molar refractivity (Wildman–Crippen MR) is 101 cm³/mol. The summed E-state index contributed by atoms with van der Waals surface area (Å²) in [6.07, 6.45) is -0.267. The molecule has 0 unspecified atom stereocenters. The third-order valence-corrected chi connectivity index (χ3v) is 3.55. The maximum Gasteiger partial charge on any atom is 0.338 e. The molecule has 2 amide bonds. The first-order valence-corrected chi connectivity index (χ1v) is 8.24. The molecule has 0 aliphatic heterocycles. The summed E-state index contributed by atoms with van der Waals surface area (Å²) >= 11 is 0. The first kappa shape index (κ1) is 20.3. The number of carbonyl (C=O) groups excluding carboxylic acids is 4. The topological polar surface area (TPSA) is 125 Å². The van der Waals surface area contributed by atoms with Crippen LogP contribution in [-0.2, 0) is 14.3 Å². The highest BCUT2D eigenvalue weighted by atomic mass is 16.5. The zero-order valence-electron chi connectivity index (χ0n) is 15.0. The number of esters is 1. The lowest BCUT2D eigenvalue weighted by molar-refractivity contribution is -0.119. The van der Waals surface area contributed by atoms with Gasteiger partial charge in [-0.25, -0.2) is 4.79 Å². The monoisotopic (exact) mass is 379 g/mol. The van der Waals surface area contributed by atoms with E-state index >= 15 is 0 Å². The van der Waals surface area contributed by atoms with Gasteiger partial charge in [-0.1, -0.05) is 0 Å². The van der Waals surface area contributed by atoms with E-state index in [1.54, 1.807) is 30.3 Å². The number of Topliss-reactive ketones (excluding diaryl/α,β-unsaturated/α-hetero) is 1. The van der Waals surface area contributed by atoms with Gasteiger partial charge in [0.25, 0.3) is 5.91 Å². The van der Waals surface area contributed by atoms with Crippen LogP contribution in [0.4, 0.5) is 11.4 Å². The number of ketones is 1. The van der Waals surface area contributed by atoms with E-state index in [1.807, 2.05) is 0 Å². The summed E-state index contributed by atoms with van der Waals surface area (Å²) in [5.74, 6) is -1.76. The summed E-state index contributed by atoms with van der Waals surface area (Å²) in [4.78, 5) is 46.4. The van der Waals surface area contributed by atoms with Gasteiger partial charge in [0.05, 0.1) is 11.6 Å². The van der Waals surface area contributed by atoms with Gasteiger partial charge in [-0.15, -0.1) is 0 Å². The van der Waals surface area contributed by atoms with Gasteiger partial charge in [-0.3, -0.25) is 14.4 Å². The summed E-state index contributed by atoms with van der Waals surface area (Å²) < 4.78 is 4.95. The Labute approximate surface area is 161 Å². The second-order valence-electron chi connectivity index (χ2n) is 5.72. The normalized spacial score (nSPS) is 9.71. The Morgan fingerprint density at radius 1 is 0.857 bits per heavy atom. The Kier molecular flexibility index (Phi) is 6.99. The van der Waals surface area contributed by atoms with Gasteiger partial charge in [0.1, 0.15) is 6.42 Å². The minimum atomic E-state index is -0.697. The van der Waals surface area contributed by atoms with Crippen molar-refractivity contribution in [1.82, 2.24) is 0 Å². The molecule has 0 fully saturated rings. The van der Waals surface area contributed by atoms with Gasteiger partial charge in [-0.2, -0.15) is 5.26 Å². The van der Waals surface area contributed by atoms with Crippen molar-refractivity contribution in [2.45, 2.75) is 13.3 Å². The Bertz CT molecular complexity index is 928. The molecule has 2 N–H and O–H groups in total. The highest BCUT2D eigenvalue weighted by molar-refractivity contribution is 5.97. The number of anilines is 2. The van der Waals surface area contributed by atoms with E-state index < -0.39 is 24.4 Å². The molecule has 0 saturated heterocycles. The number of ether oxygens (including phenoxy) is 1. The number of hydrogen-bond acceptors (Lipinski definition) is 6. The molecule has 0 aliphatic rings. The van der Waals surface area contributed by atoms with E-state index in [0.717, 1.165) is 0 Å². The first-order valence-electron chi connectivity index (χ1n) is 8.24. The summed E-state index contributed by atoms with van der Waals surface area (Å²) in [5.41, 5.74) is 1.64. The Balaban J connectivity index is 1.84. The molecule has 0 aromatic heterocycles. The van der Waals surface area contributed by atoms with E-state index in [0.29, 0.717) is 16.9 Å². The second kappa shape index (κ2) is 9.64. The molecule has 28 heavy (non-hydrogen) atoms. The lowest BCUT2D eigenvalue weighted by Gasteiger charge is -2.08. The van der Waals surface area contributed by atoms with E-state index in [-0.39, 0.29) is 17.8 Å². The fraction of sp³-hybridized carbons (Fsp3) is 0.150. The molecular formula is C20H17N3O5. The third kappa shape index (κ3) is 6.07. The molecule has 8 heteroatoms. The lowest BCUT2D eigenvalue weighted by atomic mass is 10.1. The van der Waals surface area contributed by atoms with Crippen LogP contribution in [0.5, 0.6) is 0 Å². The first-order chi connectivity index (χ1) is 13.4. The standard InChI is InChI=1S/C20H17N3O5/c1-13(24)14-2-6-17(7-3-14)23-19(26)12-28-20(27)15-4-8-16(9-5-15)22-18(25)10-11-21/h2-9H,10,12H2,1H3,(H,22,25)(H,23,26). The molecule has 2 aromatic rings. The smallest absolute Gasteiger partial charge is 0.338 e. The van der Waals surface area contributed by atoms with E-state index in [2.05, 4.69) is 10.6 Å². The Morgan fingerprint density at radius 2 is 1.36 bits per heavy atom. The Hall–Kier alpha value is -3.99. The minimum absolute atomic E-state index is 0.0811. The number of hydrogen-bond donors (Lipinski definition) is 2. The van der Waals surface area contributed by atoms with Gasteiger partial charge in [-0.05, 0) is 55.5 Å². The molecule has 0 aliphatic carbocycles. The molecule has 142 valence electrons. The van der Waals surface area contributed by atoms with Gasteiger partial charge in [0.15, 0.2) is 12.4 Å². The average Bonchev–Trinajstić information content (AvgIpc) is 2.67. The van der Waals surface area contributed by atoms with Crippen molar-refractivity contribution in [3.63, 3.8) is 0 Å². The van der Waals surface area contributed by atoms with Crippen LogP contribution in [0.15, 0.2) is 48.5 Å². The SMILES string of the molecule is CC(=O)c1ccc(NC(=O)COC(=O)c2ccc(NC(=O)CC#N)cc2)cc1. The highest BCUT2D eigenvalue weighted by Crippen LogP contribution is 2.12. The van der Waals surface area contributed by atoms with Crippen molar-refractivity contribution in [2.24, 2.45) is 0 Å². The molecule has 0 heterocycles. The molecule has 0 atom stereocenters. The maximum atomic E-state index is 12.0. The number of nitrogens with one attached hydrogen (secondary N) is 2. The molecule has 0 spiro atoms. The average molecular weight is 379 g/mol. The largest absolute Gasteiger partial charge is 0.452 e. The maximum absolute atomic E-state index is 12.0. The molecular weight excluding hydrogens is 362 g/mol. The second-order valence-corrected chi connectivity index (χ2v) is 5.72. The van der Waals surface area contributed by atoms with Crippen molar-refractivity contribution >= 4 is 34.9 Å². The molecule has 0 bridgehead atoms. The van der Waals surface area contributed by atoms with Crippen LogP contribution in [0.3, 0.4) is 0 Å². The van der Waals surface area contributed by atoms with E-state index in [4.69, 9.17) is 10.00 Å². The fourth-order valence-electron chi connectivity index (χ4n) is 2.17. The molecule has 0 radical (unpaired) electrons. The van der Waals surface area contributed by atoms with Crippen LogP contribution >= 0.6 is 0 Å². The van der Waals surface area contributed by atoms with Crippen molar-refractivity contribution in [3.05, 3.63) is 59.7 Å². The number of carbonyl (C=O) groups is 4. The highest BCUT2D eigenvalue weighted by Gasteiger charge is 2.11. The summed E-state index contributed by atoms with van der Waals surface area (Å²) in [7, 11) is 0. The van der Waals surface area contributed by atoms with Crippen LogP contribution in [0, 0.1) is 11.3 Å². The number of rotatable bonds is 7. The van der Waals surface area contributed by atoms with Crippen molar-refractivity contribution in [2.75, 3.05) is 17.2 Å². The third-order valence-electron chi connectivity index (χ3n) is 3.55. The number of nitriles is 1. The van der Waals surface area contributed by atoms with E-state index in [1.165, 1.54) is 31.2 Å². The lowest BCUT2D eigenvalue weighted by Crippen LogP contribution is -2.21. The van der Waals surface area contributed by atoms with Gasteiger partial charge < -0.3 is 15.4 Å². The van der Waals surface area contributed by atoms with Crippen molar-refractivity contribution in [3.8, 4) is 6.07 Å². The minimum Gasteiger partial charge on any atom is -0.452 e. The van der Waals surface area contributed by atoms with Gasteiger partial charge in [0, 0.05) is 16.9 Å². The van der Waals surface area contributed by atoms with Crippen LogP contribution in [0.2, 0.25) is 0 Å². The van der Waals surface area contributed by atoms with Crippen LogP contribution in [0.25, 0.3) is 0 Å². The molecule has 2 aromatic carbocycles. The molecule has 8 nitrogen and oxygen atoms in total. The van der Waals surface area contributed by atoms with Gasteiger partial charge in [0.2, 0.25) is 5.91 Å². The van der Waals surface area contributed by atoms with Crippen LogP contribution in [-0.4, -0.2) is 30.2 Å². The zero-order chi connectivity index (χ0) is 20.5. The van der Waals surface area contributed by atoms with Crippen LogP contribution < -0.4 is 10.6 Å². The van der Waals surface area contributed by atoms with Gasteiger partial charge >= 0.3 is 5.97 Å².